The molecule has 0 N–H and O–H groups in total. The van der Waals surface area contributed by atoms with Crippen LogP contribution in [0.25, 0.3) is 11.3 Å². The molecule has 0 fully saturated rings. The lowest BCUT2D eigenvalue weighted by atomic mass is 10.1. The minimum absolute atomic E-state index is 0.612. The van der Waals surface area contributed by atoms with Gasteiger partial charge in [0.25, 0.3) is 0 Å². The largest absolute Gasteiger partial charge is 0.494 e. The van der Waals surface area contributed by atoms with E-state index in [-0.39, 0.29) is 0 Å². The second-order valence-electron chi connectivity index (χ2n) is 3.62. The van der Waals surface area contributed by atoms with Crippen molar-refractivity contribution in [3.05, 3.63) is 40.8 Å². The van der Waals surface area contributed by atoms with Gasteiger partial charge in [-0.1, -0.05) is 0 Å². The van der Waals surface area contributed by atoms with Crippen molar-refractivity contribution in [3.63, 3.8) is 0 Å². The van der Waals surface area contributed by atoms with Crippen molar-refractivity contribution >= 4 is 15.9 Å². The van der Waals surface area contributed by atoms with Crippen LogP contribution in [0.4, 0.5) is 0 Å². The summed E-state index contributed by atoms with van der Waals surface area (Å²) in [5.74, 6) is 0.876. The van der Waals surface area contributed by atoms with Crippen molar-refractivity contribution in [1.29, 1.82) is 0 Å². The Labute approximate surface area is 109 Å². The zero-order valence-corrected chi connectivity index (χ0v) is 11.4. The Kier molecular flexibility index (Phi) is 3.74. The molecule has 0 atom stereocenters. The highest BCUT2D eigenvalue weighted by Gasteiger charge is 2.03. The van der Waals surface area contributed by atoms with Crippen LogP contribution in [0.2, 0.25) is 0 Å². The molecule has 0 unspecified atom stereocenters. The summed E-state index contributed by atoms with van der Waals surface area (Å²) in [6.45, 7) is 4.60. The molecule has 0 spiro atoms. The fourth-order valence-corrected chi connectivity index (χ4v) is 2.04. The highest BCUT2D eigenvalue weighted by Crippen LogP contribution is 2.22. The van der Waals surface area contributed by atoms with E-state index in [9.17, 15) is 0 Å². The number of rotatable bonds is 3. The number of aromatic nitrogens is 2. The molecule has 0 amide bonds. The van der Waals surface area contributed by atoms with Gasteiger partial charge in [0, 0.05) is 11.3 Å². The second-order valence-corrected chi connectivity index (χ2v) is 4.33. The Morgan fingerprint density at radius 2 is 1.88 bits per heavy atom. The first-order valence-corrected chi connectivity index (χ1v) is 6.23. The van der Waals surface area contributed by atoms with Crippen molar-refractivity contribution in [2.24, 2.45) is 0 Å². The molecule has 2 aromatic rings. The first-order valence-electron chi connectivity index (χ1n) is 5.43. The van der Waals surface area contributed by atoms with E-state index in [1.807, 2.05) is 44.2 Å². The molecular formula is C13H13BrN2O. The monoisotopic (exact) mass is 292 g/mol. The first-order chi connectivity index (χ1) is 8.19. The van der Waals surface area contributed by atoms with E-state index < -0.39 is 0 Å². The average molecular weight is 293 g/mol. The van der Waals surface area contributed by atoms with Crippen LogP contribution < -0.4 is 4.74 Å². The third-order valence-electron chi connectivity index (χ3n) is 2.29. The van der Waals surface area contributed by atoms with E-state index >= 15 is 0 Å². The average Bonchev–Trinajstić information content (AvgIpc) is 2.29. The predicted molar refractivity (Wildman–Crippen MR) is 71.1 cm³/mol. The van der Waals surface area contributed by atoms with Crippen molar-refractivity contribution in [2.45, 2.75) is 13.8 Å². The van der Waals surface area contributed by atoms with E-state index in [0.717, 1.165) is 22.7 Å². The minimum Gasteiger partial charge on any atom is -0.494 e. The minimum atomic E-state index is 0.612. The van der Waals surface area contributed by atoms with Crippen molar-refractivity contribution in [1.82, 2.24) is 9.97 Å². The van der Waals surface area contributed by atoms with E-state index in [1.165, 1.54) is 0 Å². The van der Waals surface area contributed by atoms with Gasteiger partial charge in [-0.2, -0.15) is 0 Å². The summed E-state index contributed by atoms with van der Waals surface area (Å²) in [4.78, 5) is 8.53. The van der Waals surface area contributed by atoms with Crippen LogP contribution in [-0.2, 0) is 0 Å². The molecule has 1 aromatic heterocycles. The van der Waals surface area contributed by atoms with Crippen LogP contribution in [-0.4, -0.2) is 16.6 Å². The lowest BCUT2D eigenvalue weighted by molar-refractivity contribution is 0.340. The molecule has 0 saturated carbocycles. The molecule has 3 nitrogen and oxygen atoms in total. The van der Waals surface area contributed by atoms with Crippen LogP contribution in [0.15, 0.2) is 35.1 Å². The Bertz CT molecular complexity index is 491. The van der Waals surface area contributed by atoms with Gasteiger partial charge >= 0.3 is 0 Å². The third-order valence-corrected chi connectivity index (χ3v) is 2.64. The zero-order chi connectivity index (χ0) is 12.3. The molecule has 0 aliphatic heterocycles. The number of benzene rings is 1. The number of halogens is 1. The molecule has 2 rings (SSSR count). The molecule has 0 radical (unpaired) electrons. The zero-order valence-electron chi connectivity index (χ0n) is 9.77. The summed E-state index contributed by atoms with van der Waals surface area (Å²) in [5, 5.41) is 0. The Morgan fingerprint density at radius 1 is 1.18 bits per heavy atom. The van der Waals surface area contributed by atoms with Crippen LogP contribution in [0, 0.1) is 6.92 Å². The molecule has 0 aliphatic rings. The fraction of sp³-hybridized carbons (Fsp3) is 0.231. The molecule has 17 heavy (non-hydrogen) atoms. The fourth-order valence-electron chi connectivity index (χ4n) is 1.57. The maximum Gasteiger partial charge on any atom is 0.197 e. The Hall–Kier alpha value is -1.42. The van der Waals surface area contributed by atoms with Gasteiger partial charge in [0.2, 0.25) is 0 Å². The quantitative estimate of drug-likeness (QED) is 0.811. The summed E-state index contributed by atoms with van der Waals surface area (Å²) in [6.07, 6.45) is 0. The number of aryl methyl sites for hydroxylation is 1. The van der Waals surface area contributed by atoms with Gasteiger partial charge in [-0.05, 0) is 60.1 Å². The van der Waals surface area contributed by atoms with Crippen LogP contribution >= 0.6 is 15.9 Å². The molecule has 0 saturated heterocycles. The van der Waals surface area contributed by atoms with Crippen LogP contribution in [0.5, 0.6) is 5.75 Å². The van der Waals surface area contributed by atoms with Gasteiger partial charge < -0.3 is 4.74 Å². The summed E-state index contributed by atoms with van der Waals surface area (Å²) in [6, 6.07) is 9.85. The maximum absolute atomic E-state index is 5.40. The molecule has 0 bridgehead atoms. The standard InChI is InChI=1S/C13H13BrN2O/c1-3-17-11-6-4-10(5-7-11)12-8-9(2)15-13(14)16-12/h4-8H,3H2,1-2H3. The molecular weight excluding hydrogens is 280 g/mol. The summed E-state index contributed by atoms with van der Waals surface area (Å²) in [5.41, 5.74) is 2.91. The Morgan fingerprint density at radius 3 is 2.47 bits per heavy atom. The Balaban J connectivity index is 2.32. The lowest BCUT2D eigenvalue weighted by Crippen LogP contribution is -1.93. The van der Waals surface area contributed by atoms with Gasteiger partial charge in [-0.3, -0.25) is 0 Å². The molecule has 1 aromatic carbocycles. The van der Waals surface area contributed by atoms with E-state index in [4.69, 9.17) is 4.74 Å². The first kappa shape index (κ1) is 12.0. The van der Waals surface area contributed by atoms with E-state index in [2.05, 4.69) is 25.9 Å². The van der Waals surface area contributed by atoms with Gasteiger partial charge in [0.15, 0.2) is 4.73 Å². The number of ether oxygens (including phenoxy) is 1. The number of hydrogen-bond donors (Lipinski definition) is 0. The number of hydrogen-bond acceptors (Lipinski definition) is 3. The molecule has 4 heteroatoms. The predicted octanol–water partition coefficient (Wildman–Crippen LogP) is 3.61. The molecule has 1 heterocycles. The maximum atomic E-state index is 5.40. The smallest absolute Gasteiger partial charge is 0.197 e. The van der Waals surface area contributed by atoms with Gasteiger partial charge in [-0.25, -0.2) is 9.97 Å². The highest BCUT2D eigenvalue weighted by atomic mass is 79.9. The third kappa shape index (κ3) is 3.03. The van der Waals surface area contributed by atoms with Crippen LogP contribution in [0.3, 0.4) is 0 Å². The van der Waals surface area contributed by atoms with Gasteiger partial charge in [0.05, 0.1) is 12.3 Å². The lowest BCUT2D eigenvalue weighted by Gasteiger charge is -2.05. The van der Waals surface area contributed by atoms with E-state index in [1.54, 1.807) is 0 Å². The van der Waals surface area contributed by atoms with Crippen molar-refractivity contribution < 1.29 is 4.74 Å². The highest BCUT2D eigenvalue weighted by molar-refractivity contribution is 9.10. The number of nitrogens with zero attached hydrogens (tertiary/aromatic N) is 2. The summed E-state index contributed by atoms with van der Waals surface area (Å²) in [7, 11) is 0. The second kappa shape index (κ2) is 5.27. The molecule has 0 aliphatic carbocycles. The van der Waals surface area contributed by atoms with Gasteiger partial charge in [-0.15, -0.1) is 0 Å². The van der Waals surface area contributed by atoms with Crippen molar-refractivity contribution in [2.75, 3.05) is 6.61 Å². The van der Waals surface area contributed by atoms with Crippen LogP contribution in [0.1, 0.15) is 12.6 Å². The summed E-state index contributed by atoms with van der Waals surface area (Å²) >= 11 is 3.30. The van der Waals surface area contributed by atoms with E-state index in [0.29, 0.717) is 11.3 Å². The molecule has 88 valence electrons. The van der Waals surface area contributed by atoms with Gasteiger partial charge in [0.1, 0.15) is 5.75 Å². The summed E-state index contributed by atoms with van der Waals surface area (Å²) < 4.78 is 6.01. The topological polar surface area (TPSA) is 35.0 Å². The SMILES string of the molecule is CCOc1ccc(-c2cc(C)nc(Br)n2)cc1. The normalized spacial score (nSPS) is 10.3. The van der Waals surface area contributed by atoms with Crippen molar-refractivity contribution in [3.8, 4) is 17.0 Å².